The summed E-state index contributed by atoms with van der Waals surface area (Å²) in [4.78, 5) is 20.9. The standard InChI is InChI=1S/C24H20N4O2/c29-24(27-17-20-6-4-5-14-25-20)18-13-15-26-23(16-18)28-19-9-11-22(12-10-19)30-21-7-2-1-3-8-21/h1-16H,17H2,(H,26,28)(H,27,29). The molecule has 6 nitrogen and oxygen atoms in total. The number of amides is 1. The number of nitrogens with zero attached hydrogens (tertiary/aromatic N) is 2. The Bertz CT molecular complexity index is 1100. The quantitative estimate of drug-likeness (QED) is 0.463. The van der Waals surface area contributed by atoms with Crippen LogP contribution in [0.3, 0.4) is 0 Å². The normalized spacial score (nSPS) is 10.3. The highest BCUT2D eigenvalue weighted by Gasteiger charge is 2.07. The van der Waals surface area contributed by atoms with Crippen LogP contribution in [0.4, 0.5) is 11.5 Å². The molecule has 0 saturated heterocycles. The lowest BCUT2D eigenvalue weighted by molar-refractivity contribution is 0.0950. The number of ether oxygens (including phenoxy) is 1. The Morgan fingerprint density at radius 2 is 1.57 bits per heavy atom. The topological polar surface area (TPSA) is 76.1 Å². The second kappa shape index (κ2) is 9.34. The van der Waals surface area contributed by atoms with Crippen LogP contribution in [0, 0.1) is 0 Å². The summed E-state index contributed by atoms with van der Waals surface area (Å²) in [5.41, 5.74) is 2.16. The summed E-state index contributed by atoms with van der Waals surface area (Å²) in [6, 6.07) is 26.1. The van der Waals surface area contributed by atoms with Crippen LogP contribution < -0.4 is 15.4 Å². The highest BCUT2D eigenvalue weighted by Crippen LogP contribution is 2.24. The van der Waals surface area contributed by atoms with E-state index in [0.29, 0.717) is 17.9 Å². The summed E-state index contributed by atoms with van der Waals surface area (Å²) in [6.07, 6.45) is 3.30. The first-order chi connectivity index (χ1) is 14.8. The molecule has 0 spiro atoms. The number of hydrogen-bond acceptors (Lipinski definition) is 5. The van der Waals surface area contributed by atoms with E-state index in [1.165, 1.54) is 0 Å². The molecule has 2 N–H and O–H groups in total. The Morgan fingerprint density at radius 1 is 0.800 bits per heavy atom. The molecule has 1 amide bonds. The number of nitrogens with one attached hydrogen (secondary N) is 2. The molecule has 0 radical (unpaired) electrons. The van der Waals surface area contributed by atoms with Crippen molar-refractivity contribution in [1.82, 2.24) is 15.3 Å². The van der Waals surface area contributed by atoms with Crippen molar-refractivity contribution in [1.29, 1.82) is 0 Å². The van der Waals surface area contributed by atoms with E-state index in [9.17, 15) is 4.79 Å². The van der Waals surface area contributed by atoms with Crippen molar-refractivity contribution < 1.29 is 9.53 Å². The minimum atomic E-state index is -0.183. The number of hydrogen-bond donors (Lipinski definition) is 2. The number of benzene rings is 2. The van der Waals surface area contributed by atoms with Crippen LogP contribution in [-0.2, 0) is 6.54 Å². The summed E-state index contributed by atoms with van der Waals surface area (Å²) >= 11 is 0. The van der Waals surface area contributed by atoms with Gasteiger partial charge in [-0.25, -0.2) is 4.98 Å². The summed E-state index contributed by atoms with van der Waals surface area (Å²) in [6.45, 7) is 0.369. The number of aromatic nitrogens is 2. The van der Waals surface area contributed by atoms with Gasteiger partial charge in [-0.1, -0.05) is 24.3 Å². The van der Waals surface area contributed by atoms with E-state index in [-0.39, 0.29) is 5.91 Å². The molecule has 0 unspecified atom stereocenters. The van der Waals surface area contributed by atoms with Crippen molar-refractivity contribution in [2.45, 2.75) is 6.54 Å². The number of carbonyl (C=O) groups is 1. The second-order valence-electron chi connectivity index (χ2n) is 6.50. The molecule has 4 rings (SSSR count). The zero-order valence-electron chi connectivity index (χ0n) is 16.2. The molecule has 0 aliphatic rings. The van der Waals surface area contributed by atoms with Crippen LogP contribution >= 0.6 is 0 Å². The van der Waals surface area contributed by atoms with Gasteiger partial charge in [-0.15, -0.1) is 0 Å². The maximum absolute atomic E-state index is 12.4. The number of anilines is 2. The Hall–Kier alpha value is -4.19. The van der Waals surface area contributed by atoms with Gasteiger partial charge in [0.2, 0.25) is 0 Å². The molecular formula is C24H20N4O2. The molecule has 0 bridgehead atoms. The van der Waals surface area contributed by atoms with E-state index < -0.39 is 0 Å². The van der Waals surface area contributed by atoms with Gasteiger partial charge in [0, 0.05) is 23.6 Å². The van der Waals surface area contributed by atoms with Gasteiger partial charge in [0.05, 0.1) is 12.2 Å². The van der Waals surface area contributed by atoms with Crippen molar-refractivity contribution in [3.63, 3.8) is 0 Å². The molecule has 2 heterocycles. The molecule has 0 aliphatic carbocycles. The van der Waals surface area contributed by atoms with Crippen LogP contribution in [-0.4, -0.2) is 15.9 Å². The highest BCUT2D eigenvalue weighted by molar-refractivity contribution is 5.94. The van der Waals surface area contributed by atoms with Crippen molar-refractivity contribution in [2.75, 3.05) is 5.32 Å². The summed E-state index contributed by atoms with van der Waals surface area (Å²) < 4.78 is 5.80. The molecule has 2 aromatic heterocycles. The highest BCUT2D eigenvalue weighted by atomic mass is 16.5. The molecule has 6 heteroatoms. The maximum atomic E-state index is 12.4. The molecule has 0 saturated carbocycles. The number of carbonyl (C=O) groups excluding carboxylic acids is 1. The Kier molecular flexibility index (Phi) is 5.96. The lowest BCUT2D eigenvalue weighted by Crippen LogP contribution is -2.23. The molecule has 4 aromatic rings. The van der Waals surface area contributed by atoms with Crippen LogP contribution in [0.25, 0.3) is 0 Å². The number of para-hydroxylation sites is 1. The van der Waals surface area contributed by atoms with Crippen LogP contribution in [0.1, 0.15) is 16.1 Å². The predicted molar refractivity (Wildman–Crippen MR) is 116 cm³/mol. The van der Waals surface area contributed by atoms with Gasteiger partial charge >= 0.3 is 0 Å². The average Bonchev–Trinajstić information content (AvgIpc) is 2.80. The van der Waals surface area contributed by atoms with E-state index in [2.05, 4.69) is 20.6 Å². The molecular weight excluding hydrogens is 376 g/mol. The summed E-state index contributed by atoms with van der Waals surface area (Å²) in [5.74, 6) is 1.92. The first kappa shape index (κ1) is 19.1. The maximum Gasteiger partial charge on any atom is 0.251 e. The predicted octanol–water partition coefficient (Wildman–Crippen LogP) is 4.94. The lowest BCUT2D eigenvalue weighted by atomic mass is 10.2. The van der Waals surface area contributed by atoms with E-state index in [1.54, 1.807) is 24.5 Å². The van der Waals surface area contributed by atoms with E-state index in [1.807, 2.05) is 72.8 Å². The van der Waals surface area contributed by atoms with Crippen molar-refractivity contribution in [2.24, 2.45) is 0 Å². The number of pyridine rings is 2. The summed E-state index contributed by atoms with van der Waals surface area (Å²) in [7, 11) is 0. The minimum Gasteiger partial charge on any atom is -0.457 e. The Morgan fingerprint density at radius 3 is 2.33 bits per heavy atom. The fourth-order valence-corrected chi connectivity index (χ4v) is 2.79. The Balaban J connectivity index is 1.37. The smallest absolute Gasteiger partial charge is 0.251 e. The lowest BCUT2D eigenvalue weighted by Gasteiger charge is -2.10. The van der Waals surface area contributed by atoms with Crippen LogP contribution in [0.2, 0.25) is 0 Å². The molecule has 148 valence electrons. The molecule has 2 aromatic carbocycles. The number of rotatable bonds is 7. The monoisotopic (exact) mass is 396 g/mol. The summed E-state index contributed by atoms with van der Waals surface area (Å²) in [5, 5.41) is 6.07. The largest absolute Gasteiger partial charge is 0.457 e. The van der Waals surface area contributed by atoms with Gasteiger partial charge in [-0.2, -0.15) is 0 Å². The van der Waals surface area contributed by atoms with Crippen molar-refractivity contribution in [3.8, 4) is 11.5 Å². The van der Waals surface area contributed by atoms with Crippen LogP contribution in [0.5, 0.6) is 11.5 Å². The van der Waals surface area contributed by atoms with Gasteiger partial charge in [0.25, 0.3) is 5.91 Å². The first-order valence-electron chi connectivity index (χ1n) is 9.50. The molecule has 30 heavy (non-hydrogen) atoms. The van der Waals surface area contributed by atoms with Crippen molar-refractivity contribution in [3.05, 3.63) is 109 Å². The van der Waals surface area contributed by atoms with Gasteiger partial charge in [-0.3, -0.25) is 9.78 Å². The third-order valence-electron chi connectivity index (χ3n) is 4.28. The average molecular weight is 396 g/mol. The third kappa shape index (κ3) is 5.20. The zero-order chi connectivity index (χ0) is 20.6. The van der Waals surface area contributed by atoms with Gasteiger partial charge in [0.1, 0.15) is 17.3 Å². The van der Waals surface area contributed by atoms with Gasteiger partial charge in [-0.05, 0) is 60.7 Å². The SMILES string of the molecule is O=C(NCc1ccccn1)c1ccnc(Nc2ccc(Oc3ccccc3)cc2)c1. The van der Waals surface area contributed by atoms with E-state index in [4.69, 9.17) is 4.74 Å². The fourth-order valence-electron chi connectivity index (χ4n) is 2.79. The minimum absolute atomic E-state index is 0.183. The zero-order valence-corrected chi connectivity index (χ0v) is 16.2. The molecule has 0 atom stereocenters. The van der Waals surface area contributed by atoms with E-state index in [0.717, 1.165) is 22.9 Å². The Labute approximate surface area is 174 Å². The third-order valence-corrected chi connectivity index (χ3v) is 4.28. The first-order valence-corrected chi connectivity index (χ1v) is 9.50. The molecule has 0 aliphatic heterocycles. The van der Waals surface area contributed by atoms with Gasteiger partial charge < -0.3 is 15.4 Å². The van der Waals surface area contributed by atoms with Gasteiger partial charge in [0.15, 0.2) is 0 Å². The second-order valence-corrected chi connectivity index (χ2v) is 6.50. The molecule has 0 fully saturated rings. The fraction of sp³-hybridized carbons (Fsp3) is 0.0417. The van der Waals surface area contributed by atoms with E-state index >= 15 is 0 Å². The van der Waals surface area contributed by atoms with Crippen LogP contribution in [0.15, 0.2) is 97.3 Å². The van der Waals surface area contributed by atoms with Crippen molar-refractivity contribution >= 4 is 17.4 Å².